The molecule has 1 aliphatic carbocycles. The fourth-order valence-electron chi connectivity index (χ4n) is 3.06. The van der Waals surface area contributed by atoms with E-state index in [0.717, 1.165) is 44.8 Å². The van der Waals surface area contributed by atoms with Gasteiger partial charge in [0.25, 0.3) is 0 Å². The third-order valence-corrected chi connectivity index (χ3v) is 4.34. The summed E-state index contributed by atoms with van der Waals surface area (Å²) < 4.78 is 0. The highest BCUT2D eigenvalue weighted by Gasteiger charge is 2.24. The Hall–Kier alpha value is -1.98. The molecule has 3 N–H and O–H groups in total. The molecule has 0 unspecified atom stereocenters. The molecule has 0 aromatic carbocycles. The molecule has 2 aliphatic rings. The second kappa shape index (κ2) is 6.20. The Bertz CT molecular complexity index is 475. The van der Waals surface area contributed by atoms with Gasteiger partial charge in [0.15, 0.2) is 0 Å². The quantitative estimate of drug-likeness (QED) is 0.864. The second-order valence-electron chi connectivity index (χ2n) is 5.85. The monoisotopic (exact) mass is 289 g/mol. The van der Waals surface area contributed by atoms with Crippen molar-refractivity contribution in [1.82, 2.24) is 15.2 Å². The summed E-state index contributed by atoms with van der Waals surface area (Å²) in [5, 5.41) is 3.15. The molecule has 0 radical (unpaired) electrons. The molecule has 2 heterocycles. The van der Waals surface area contributed by atoms with Gasteiger partial charge in [-0.1, -0.05) is 12.8 Å². The van der Waals surface area contributed by atoms with E-state index in [9.17, 15) is 4.79 Å². The fourth-order valence-corrected chi connectivity index (χ4v) is 3.06. The Labute approximate surface area is 125 Å². The number of rotatable bonds is 2. The van der Waals surface area contributed by atoms with Crippen LogP contribution in [0.5, 0.6) is 0 Å². The van der Waals surface area contributed by atoms with E-state index in [1.807, 2.05) is 17.0 Å². The number of carbonyl (C=O) groups excluding carboxylic acids is 1. The van der Waals surface area contributed by atoms with Gasteiger partial charge in [0.1, 0.15) is 5.82 Å². The van der Waals surface area contributed by atoms with Gasteiger partial charge in [0.05, 0.1) is 11.9 Å². The van der Waals surface area contributed by atoms with Crippen molar-refractivity contribution in [3.63, 3.8) is 0 Å². The van der Waals surface area contributed by atoms with Crippen LogP contribution in [0.4, 0.5) is 16.3 Å². The zero-order chi connectivity index (χ0) is 14.7. The number of aromatic nitrogens is 1. The number of nitrogens with two attached hydrogens (primary N) is 1. The zero-order valence-corrected chi connectivity index (χ0v) is 12.3. The Balaban J connectivity index is 1.50. The number of hydrogen-bond acceptors (Lipinski definition) is 4. The summed E-state index contributed by atoms with van der Waals surface area (Å²) in [6, 6.07) is 4.27. The topological polar surface area (TPSA) is 74.5 Å². The predicted octanol–water partition coefficient (Wildman–Crippen LogP) is 1.44. The van der Waals surface area contributed by atoms with Gasteiger partial charge in [0.2, 0.25) is 0 Å². The molecule has 1 aliphatic heterocycles. The molecule has 0 atom stereocenters. The van der Waals surface area contributed by atoms with Crippen LogP contribution in [-0.2, 0) is 0 Å². The normalized spacial score (nSPS) is 19.8. The molecule has 1 saturated heterocycles. The average molecular weight is 289 g/mol. The Morgan fingerprint density at radius 2 is 1.90 bits per heavy atom. The Kier molecular flexibility index (Phi) is 4.13. The van der Waals surface area contributed by atoms with Crippen molar-refractivity contribution in [3.8, 4) is 0 Å². The minimum Gasteiger partial charge on any atom is -0.397 e. The number of nitrogens with one attached hydrogen (secondary N) is 1. The van der Waals surface area contributed by atoms with Crippen LogP contribution in [-0.4, -0.2) is 48.1 Å². The van der Waals surface area contributed by atoms with Gasteiger partial charge in [-0.15, -0.1) is 0 Å². The number of nitrogens with zero attached hydrogens (tertiary/aromatic N) is 3. The van der Waals surface area contributed by atoms with Crippen molar-refractivity contribution in [1.29, 1.82) is 0 Å². The molecule has 2 amide bonds. The third kappa shape index (κ3) is 3.37. The van der Waals surface area contributed by atoms with Crippen molar-refractivity contribution in [3.05, 3.63) is 18.3 Å². The van der Waals surface area contributed by atoms with Crippen LogP contribution < -0.4 is 16.0 Å². The lowest BCUT2D eigenvalue weighted by atomic mass is 10.2. The Morgan fingerprint density at radius 3 is 2.52 bits per heavy atom. The van der Waals surface area contributed by atoms with Crippen LogP contribution in [0.15, 0.2) is 18.3 Å². The maximum absolute atomic E-state index is 12.2. The van der Waals surface area contributed by atoms with E-state index in [0.29, 0.717) is 11.7 Å². The maximum atomic E-state index is 12.2. The molecule has 3 rings (SSSR count). The SMILES string of the molecule is Nc1ccc(N2CCN(C(=O)NC3CCCC3)CC2)nc1. The highest BCUT2D eigenvalue weighted by atomic mass is 16.2. The van der Waals surface area contributed by atoms with Gasteiger partial charge in [-0.2, -0.15) is 0 Å². The number of urea groups is 1. The van der Waals surface area contributed by atoms with Crippen LogP contribution in [0.1, 0.15) is 25.7 Å². The highest BCUT2D eigenvalue weighted by Crippen LogP contribution is 2.18. The standard InChI is InChI=1S/C15H23N5O/c16-12-5-6-14(17-11-12)19-7-9-20(10-8-19)15(21)18-13-3-1-2-4-13/h5-6,11,13H,1-4,7-10,16H2,(H,18,21). The summed E-state index contributed by atoms with van der Waals surface area (Å²) >= 11 is 0. The van der Waals surface area contributed by atoms with E-state index in [2.05, 4.69) is 15.2 Å². The molecular weight excluding hydrogens is 266 g/mol. The van der Waals surface area contributed by atoms with E-state index < -0.39 is 0 Å². The van der Waals surface area contributed by atoms with Gasteiger partial charge >= 0.3 is 6.03 Å². The van der Waals surface area contributed by atoms with Crippen molar-refractivity contribution in [2.24, 2.45) is 0 Å². The summed E-state index contributed by atoms with van der Waals surface area (Å²) in [7, 11) is 0. The number of pyridine rings is 1. The first kappa shape index (κ1) is 14.0. The van der Waals surface area contributed by atoms with Crippen LogP contribution in [0.3, 0.4) is 0 Å². The predicted molar refractivity (Wildman–Crippen MR) is 83.2 cm³/mol. The van der Waals surface area contributed by atoms with Crippen LogP contribution in [0.2, 0.25) is 0 Å². The van der Waals surface area contributed by atoms with Crippen molar-refractivity contribution in [2.75, 3.05) is 36.8 Å². The van der Waals surface area contributed by atoms with Crippen LogP contribution in [0, 0.1) is 0 Å². The molecule has 1 aromatic heterocycles. The minimum absolute atomic E-state index is 0.0896. The number of carbonyl (C=O) groups is 1. The smallest absolute Gasteiger partial charge is 0.317 e. The fraction of sp³-hybridized carbons (Fsp3) is 0.600. The van der Waals surface area contributed by atoms with Crippen molar-refractivity contribution >= 4 is 17.5 Å². The number of piperazine rings is 1. The van der Waals surface area contributed by atoms with Gasteiger partial charge in [-0.25, -0.2) is 9.78 Å². The molecule has 21 heavy (non-hydrogen) atoms. The van der Waals surface area contributed by atoms with Gasteiger partial charge in [0, 0.05) is 32.2 Å². The number of anilines is 2. The van der Waals surface area contributed by atoms with Crippen molar-refractivity contribution in [2.45, 2.75) is 31.7 Å². The molecule has 2 fully saturated rings. The third-order valence-electron chi connectivity index (χ3n) is 4.34. The van der Waals surface area contributed by atoms with Crippen molar-refractivity contribution < 1.29 is 4.79 Å². The van der Waals surface area contributed by atoms with E-state index in [1.54, 1.807) is 6.20 Å². The van der Waals surface area contributed by atoms with Gasteiger partial charge < -0.3 is 20.9 Å². The van der Waals surface area contributed by atoms with E-state index in [-0.39, 0.29) is 6.03 Å². The summed E-state index contributed by atoms with van der Waals surface area (Å²) in [5.74, 6) is 0.931. The van der Waals surface area contributed by atoms with Gasteiger partial charge in [-0.05, 0) is 25.0 Å². The minimum atomic E-state index is 0.0896. The summed E-state index contributed by atoms with van der Waals surface area (Å²) in [6.45, 7) is 3.11. The first-order valence-electron chi connectivity index (χ1n) is 7.74. The van der Waals surface area contributed by atoms with Gasteiger partial charge in [-0.3, -0.25) is 0 Å². The lowest BCUT2D eigenvalue weighted by Crippen LogP contribution is -2.53. The molecular formula is C15H23N5O. The molecule has 0 spiro atoms. The number of hydrogen-bond donors (Lipinski definition) is 2. The summed E-state index contributed by atoms with van der Waals surface area (Å²) in [6.07, 6.45) is 6.40. The second-order valence-corrected chi connectivity index (χ2v) is 5.85. The lowest BCUT2D eigenvalue weighted by Gasteiger charge is -2.35. The molecule has 0 bridgehead atoms. The Morgan fingerprint density at radius 1 is 1.19 bits per heavy atom. The maximum Gasteiger partial charge on any atom is 0.317 e. The largest absolute Gasteiger partial charge is 0.397 e. The van der Waals surface area contributed by atoms with Crippen LogP contribution in [0.25, 0.3) is 0 Å². The average Bonchev–Trinajstić information content (AvgIpc) is 3.01. The van der Waals surface area contributed by atoms with E-state index >= 15 is 0 Å². The van der Waals surface area contributed by atoms with E-state index in [1.165, 1.54) is 12.8 Å². The highest BCUT2D eigenvalue weighted by molar-refractivity contribution is 5.75. The molecule has 1 aromatic rings. The van der Waals surface area contributed by atoms with Crippen LogP contribution >= 0.6 is 0 Å². The molecule has 1 saturated carbocycles. The first-order chi connectivity index (χ1) is 10.2. The molecule has 6 heteroatoms. The number of amides is 2. The molecule has 114 valence electrons. The summed E-state index contributed by atoms with van der Waals surface area (Å²) in [5.41, 5.74) is 6.33. The molecule has 6 nitrogen and oxygen atoms in total. The first-order valence-corrected chi connectivity index (χ1v) is 7.74. The lowest BCUT2D eigenvalue weighted by molar-refractivity contribution is 0.190. The van der Waals surface area contributed by atoms with E-state index in [4.69, 9.17) is 5.73 Å². The summed E-state index contributed by atoms with van der Waals surface area (Å²) in [4.78, 5) is 20.6. The zero-order valence-electron chi connectivity index (χ0n) is 12.3. The number of nitrogen functional groups attached to an aromatic ring is 1.